The first-order valence-electron chi connectivity index (χ1n) is 10.4. The Morgan fingerprint density at radius 3 is 2.58 bits per heavy atom. The lowest BCUT2D eigenvalue weighted by molar-refractivity contribution is 0.0973. The van der Waals surface area contributed by atoms with Crippen molar-refractivity contribution >= 4 is 46.2 Å². The third-order valence-corrected chi connectivity index (χ3v) is 5.01. The topological polar surface area (TPSA) is 138 Å². The molecule has 4 rings (SSSR count). The number of hydrogen-bond acceptors (Lipinski definition) is 6. The predicted molar refractivity (Wildman–Crippen MR) is 129 cm³/mol. The Morgan fingerprint density at radius 2 is 1.82 bits per heavy atom. The molecule has 2 heterocycles. The lowest BCUT2D eigenvalue weighted by Crippen LogP contribution is -2.22. The van der Waals surface area contributed by atoms with Gasteiger partial charge in [-0.1, -0.05) is 44.2 Å². The number of aromatic amines is 1. The van der Waals surface area contributed by atoms with Crippen LogP contribution in [0, 0.1) is 0 Å². The van der Waals surface area contributed by atoms with Crippen LogP contribution in [0.15, 0.2) is 65.9 Å². The van der Waals surface area contributed by atoms with Crippen molar-refractivity contribution in [1.82, 2.24) is 20.3 Å². The van der Waals surface area contributed by atoms with Gasteiger partial charge in [-0.05, 0) is 29.5 Å². The molecule has 33 heavy (non-hydrogen) atoms. The number of nitrogens with one attached hydrogen (secondary N) is 3. The van der Waals surface area contributed by atoms with Crippen molar-refractivity contribution in [1.29, 1.82) is 0 Å². The molecular formula is C24H23N7O2. The molecule has 9 heteroatoms. The van der Waals surface area contributed by atoms with E-state index in [0.29, 0.717) is 11.6 Å². The van der Waals surface area contributed by atoms with E-state index in [4.69, 9.17) is 5.73 Å². The number of amides is 2. The molecule has 9 nitrogen and oxygen atoms in total. The van der Waals surface area contributed by atoms with E-state index in [1.165, 1.54) is 6.34 Å². The van der Waals surface area contributed by atoms with E-state index in [1.54, 1.807) is 36.7 Å². The van der Waals surface area contributed by atoms with Crippen molar-refractivity contribution in [3.05, 3.63) is 77.9 Å². The molecule has 0 atom stereocenters. The molecule has 0 aliphatic heterocycles. The second-order valence-electron chi connectivity index (χ2n) is 7.69. The van der Waals surface area contributed by atoms with Gasteiger partial charge in [-0.15, -0.1) is 0 Å². The van der Waals surface area contributed by atoms with Crippen LogP contribution in [0.25, 0.3) is 10.8 Å². The molecule has 0 spiro atoms. The minimum Gasteiger partial charge on any atom is -0.397 e. The average molecular weight is 441 g/mol. The quantitative estimate of drug-likeness (QED) is 0.203. The van der Waals surface area contributed by atoms with E-state index in [-0.39, 0.29) is 22.9 Å². The largest absolute Gasteiger partial charge is 0.397 e. The summed E-state index contributed by atoms with van der Waals surface area (Å²) in [5.74, 6) is -0.281. The van der Waals surface area contributed by atoms with Gasteiger partial charge in [0.2, 0.25) is 5.95 Å². The molecule has 0 radical (unpaired) electrons. The summed E-state index contributed by atoms with van der Waals surface area (Å²) in [5.41, 5.74) is 7.96. The van der Waals surface area contributed by atoms with Crippen LogP contribution in [0.2, 0.25) is 0 Å². The summed E-state index contributed by atoms with van der Waals surface area (Å²) in [6.07, 6.45) is 4.51. The Morgan fingerprint density at radius 1 is 1.03 bits per heavy atom. The van der Waals surface area contributed by atoms with E-state index in [9.17, 15) is 9.59 Å². The fourth-order valence-electron chi connectivity index (χ4n) is 3.19. The van der Waals surface area contributed by atoms with E-state index in [1.807, 2.05) is 38.1 Å². The molecule has 166 valence electrons. The molecule has 0 saturated heterocycles. The molecule has 0 saturated carbocycles. The molecule has 2 aromatic heterocycles. The predicted octanol–water partition coefficient (Wildman–Crippen LogP) is 4.01. The van der Waals surface area contributed by atoms with Crippen molar-refractivity contribution < 1.29 is 9.59 Å². The van der Waals surface area contributed by atoms with Crippen LogP contribution in [0.1, 0.15) is 46.3 Å². The Labute approximate surface area is 190 Å². The summed E-state index contributed by atoms with van der Waals surface area (Å²) in [7, 11) is 0. The molecule has 0 unspecified atom stereocenters. The van der Waals surface area contributed by atoms with Crippen LogP contribution >= 0.6 is 0 Å². The Hall–Kier alpha value is -4.53. The van der Waals surface area contributed by atoms with Crippen molar-refractivity contribution in [2.24, 2.45) is 4.99 Å². The van der Waals surface area contributed by atoms with Gasteiger partial charge < -0.3 is 16.0 Å². The number of hydrogen-bond donors (Lipinski definition) is 4. The van der Waals surface area contributed by atoms with Gasteiger partial charge in [0.25, 0.3) is 11.8 Å². The van der Waals surface area contributed by atoms with E-state index in [2.05, 4.69) is 30.6 Å². The minimum atomic E-state index is -0.429. The number of nitrogens with zero attached hydrogens (tertiary/aromatic N) is 3. The number of imidazole rings is 1. The van der Waals surface area contributed by atoms with Gasteiger partial charge in [-0.25, -0.2) is 9.98 Å². The average Bonchev–Trinajstić information content (AvgIpc) is 3.28. The number of pyridine rings is 1. The number of nitrogens with two attached hydrogens (primary N) is 1. The van der Waals surface area contributed by atoms with E-state index >= 15 is 0 Å². The minimum absolute atomic E-state index is 0.234. The van der Waals surface area contributed by atoms with Crippen molar-refractivity contribution in [3.8, 4) is 0 Å². The van der Waals surface area contributed by atoms with Gasteiger partial charge >= 0.3 is 0 Å². The third kappa shape index (κ3) is 4.87. The lowest BCUT2D eigenvalue weighted by Gasteiger charge is -2.08. The second-order valence-corrected chi connectivity index (χ2v) is 7.69. The highest BCUT2D eigenvalue weighted by Crippen LogP contribution is 2.27. The number of fused-ring (bicyclic) bond motifs is 1. The molecule has 0 bridgehead atoms. The molecule has 0 fully saturated rings. The van der Waals surface area contributed by atoms with Crippen LogP contribution in [0.5, 0.6) is 0 Å². The van der Waals surface area contributed by atoms with Gasteiger partial charge in [-0.3, -0.25) is 19.9 Å². The van der Waals surface area contributed by atoms with Crippen LogP contribution in [0.4, 0.5) is 17.3 Å². The smallest absolute Gasteiger partial charge is 0.274 e. The first-order valence-corrected chi connectivity index (χ1v) is 10.4. The monoisotopic (exact) mass is 441 g/mol. The Kier molecular flexibility index (Phi) is 6.12. The highest BCUT2D eigenvalue weighted by molar-refractivity contribution is 6.09. The van der Waals surface area contributed by atoms with Crippen LogP contribution in [0.3, 0.4) is 0 Å². The molecule has 5 N–H and O–H groups in total. The molecule has 0 aliphatic carbocycles. The SMILES string of the molecule is CC(C)c1cnc(NC(=O)c2cccc(N)c2N=CNC(=O)c2cc3ccccc3cn2)[nH]1. The summed E-state index contributed by atoms with van der Waals surface area (Å²) < 4.78 is 0. The summed E-state index contributed by atoms with van der Waals surface area (Å²) >= 11 is 0. The third-order valence-electron chi connectivity index (χ3n) is 5.01. The number of carbonyl (C=O) groups is 2. The maximum atomic E-state index is 12.8. The molecule has 2 aromatic carbocycles. The van der Waals surface area contributed by atoms with Gasteiger partial charge in [0, 0.05) is 17.3 Å². The second kappa shape index (κ2) is 9.31. The fraction of sp³-hybridized carbons (Fsp3) is 0.125. The zero-order chi connectivity index (χ0) is 23.4. The number of H-pyrrole nitrogens is 1. The standard InChI is InChI=1S/C24H23N7O2/c1-14(2)20-12-27-24(30-20)31-22(32)17-8-5-9-18(25)21(17)28-13-29-23(33)19-10-15-6-3-4-7-16(15)11-26-19/h3-14H,25H2,1-2H3,(H,28,29,33)(H2,27,30,31,32). The van der Waals surface area contributed by atoms with Crippen LogP contribution < -0.4 is 16.4 Å². The van der Waals surface area contributed by atoms with Gasteiger partial charge in [0.1, 0.15) is 11.4 Å². The summed E-state index contributed by atoms with van der Waals surface area (Å²) in [4.78, 5) is 41.0. The molecular weight excluding hydrogens is 418 g/mol. The molecule has 0 aliphatic rings. The summed E-state index contributed by atoms with van der Waals surface area (Å²) in [6, 6.07) is 14.2. The number of para-hydroxylation sites is 1. The van der Waals surface area contributed by atoms with Gasteiger partial charge in [0.15, 0.2) is 0 Å². The highest BCUT2D eigenvalue weighted by Gasteiger charge is 2.15. The molecule has 2 amide bonds. The van der Waals surface area contributed by atoms with Gasteiger partial charge in [-0.2, -0.15) is 0 Å². The maximum absolute atomic E-state index is 12.8. The van der Waals surface area contributed by atoms with Crippen LogP contribution in [-0.4, -0.2) is 33.1 Å². The number of aliphatic imine (C=N–C) groups is 1. The summed E-state index contributed by atoms with van der Waals surface area (Å²) in [5, 5.41) is 7.12. The van der Waals surface area contributed by atoms with Crippen molar-refractivity contribution in [3.63, 3.8) is 0 Å². The number of benzene rings is 2. The lowest BCUT2D eigenvalue weighted by atomic mass is 10.1. The van der Waals surface area contributed by atoms with Crippen molar-refractivity contribution in [2.45, 2.75) is 19.8 Å². The normalized spacial score (nSPS) is 11.2. The number of rotatable bonds is 6. The number of carbonyl (C=O) groups excluding carboxylic acids is 2. The number of nitrogen functional groups attached to an aromatic ring is 1. The van der Waals surface area contributed by atoms with E-state index < -0.39 is 11.8 Å². The zero-order valence-corrected chi connectivity index (χ0v) is 18.2. The maximum Gasteiger partial charge on any atom is 0.274 e. The summed E-state index contributed by atoms with van der Waals surface area (Å²) in [6.45, 7) is 4.04. The Balaban J connectivity index is 1.50. The van der Waals surface area contributed by atoms with Crippen LogP contribution in [-0.2, 0) is 0 Å². The zero-order valence-electron chi connectivity index (χ0n) is 18.2. The van der Waals surface area contributed by atoms with Crippen molar-refractivity contribution in [2.75, 3.05) is 11.1 Å². The number of aromatic nitrogens is 3. The first-order chi connectivity index (χ1) is 15.9. The van der Waals surface area contributed by atoms with Gasteiger partial charge in [0.05, 0.1) is 23.8 Å². The highest BCUT2D eigenvalue weighted by atomic mass is 16.2. The molecule has 4 aromatic rings. The van der Waals surface area contributed by atoms with E-state index in [0.717, 1.165) is 16.5 Å². The first kappa shape index (κ1) is 21.7. The number of anilines is 2. The Bertz CT molecular complexity index is 1360. The fourth-order valence-corrected chi connectivity index (χ4v) is 3.19.